The van der Waals surface area contributed by atoms with Gasteiger partial charge in [-0.25, -0.2) is 0 Å². The lowest BCUT2D eigenvalue weighted by Gasteiger charge is -2.23. The van der Waals surface area contributed by atoms with E-state index in [2.05, 4.69) is 26.6 Å². The molecule has 0 aliphatic carbocycles. The second kappa shape index (κ2) is 7.36. The largest absolute Gasteiger partial charge is 0.352 e. The van der Waals surface area contributed by atoms with Crippen LogP contribution < -0.4 is 10.6 Å². The molecule has 1 amide bonds. The molecule has 1 fully saturated rings. The van der Waals surface area contributed by atoms with Gasteiger partial charge in [0, 0.05) is 17.5 Å². The number of piperidine rings is 1. The molecule has 0 radical (unpaired) electrons. The quantitative estimate of drug-likeness (QED) is 0.887. The van der Waals surface area contributed by atoms with Crippen LogP contribution in [0.3, 0.4) is 0 Å². The van der Waals surface area contributed by atoms with Crippen LogP contribution in [0.1, 0.15) is 17.7 Å². The zero-order valence-electron chi connectivity index (χ0n) is 9.37. The highest BCUT2D eigenvalue weighted by Gasteiger charge is 2.15. The molecule has 1 aromatic rings. The Kier molecular flexibility index (Phi) is 6.48. The fraction of sp³-hybridized carbons (Fsp3) is 0.545. The van der Waals surface area contributed by atoms with Gasteiger partial charge in [0.25, 0.3) is 0 Å². The molecule has 2 N–H and O–H groups in total. The van der Waals surface area contributed by atoms with Crippen LogP contribution in [0.4, 0.5) is 0 Å². The summed E-state index contributed by atoms with van der Waals surface area (Å²) in [5.41, 5.74) is 0. The Morgan fingerprint density at radius 3 is 3.00 bits per heavy atom. The lowest BCUT2D eigenvalue weighted by molar-refractivity contribution is -0.121. The molecule has 1 aliphatic heterocycles. The van der Waals surface area contributed by atoms with Crippen LogP contribution in [-0.2, 0) is 11.2 Å². The molecule has 0 spiro atoms. The van der Waals surface area contributed by atoms with Crippen molar-refractivity contribution in [3.05, 3.63) is 20.8 Å². The Balaban J connectivity index is 0.00000144. The molecule has 17 heavy (non-hydrogen) atoms. The highest BCUT2D eigenvalue weighted by atomic mass is 79.9. The molecule has 1 saturated heterocycles. The molecule has 1 aromatic heterocycles. The van der Waals surface area contributed by atoms with Crippen molar-refractivity contribution >= 4 is 45.6 Å². The molecule has 1 atom stereocenters. The smallest absolute Gasteiger partial charge is 0.225 e. The van der Waals surface area contributed by atoms with Crippen LogP contribution in [0.2, 0.25) is 0 Å². The van der Waals surface area contributed by atoms with Gasteiger partial charge in [-0.2, -0.15) is 0 Å². The lowest BCUT2D eigenvalue weighted by atomic mass is 10.1. The summed E-state index contributed by atoms with van der Waals surface area (Å²) in [6, 6.07) is 4.28. The van der Waals surface area contributed by atoms with Gasteiger partial charge in [-0.05, 0) is 47.4 Å². The van der Waals surface area contributed by atoms with Crippen molar-refractivity contribution in [1.29, 1.82) is 0 Å². The highest BCUT2D eigenvalue weighted by Crippen LogP contribution is 2.22. The predicted molar refractivity (Wildman–Crippen MR) is 77.0 cm³/mol. The van der Waals surface area contributed by atoms with Gasteiger partial charge in [-0.1, -0.05) is 0 Å². The van der Waals surface area contributed by atoms with E-state index in [1.54, 1.807) is 11.3 Å². The number of amides is 1. The summed E-state index contributed by atoms with van der Waals surface area (Å²) in [7, 11) is 0. The zero-order valence-corrected chi connectivity index (χ0v) is 12.6. The van der Waals surface area contributed by atoms with E-state index >= 15 is 0 Å². The average Bonchev–Trinajstić information content (AvgIpc) is 2.65. The summed E-state index contributed by atoms with van der Waals surface area (Å²) in [4.78, 5) is 12.8. The number of hydrogen-bond donors (Lipinski definition) is 2. The van der Waals surface area contributed by atoms with Crippen LogP contribution in [0.5, 0.6) is 0 Å². The fourth-order valence-electron chi connectivity index (χ4n) is 1.86. The molecule has 1 aliphatic rings. The maximum Gasteiger partial charge on any atom is 0.225 e. The van der Waals surface area contributed by atoms with E-state index in [9.17, 15) is 4.79 Å². The summed E-state index contributed by atoms with van der Waals surface area (Å²) in [6.45, 7) is 1.98. The second-order valence-electron chi connectivity index (χ2n) is 3.99. The molecule has 3 nitrogen and oxygen atoms in total. The van der Waals surface area contributed by atoms with Crippen molar-refractivity contribution in [3.63, 3.8) is 0 Å². The minimum absolute atomic E-state index is 0. The number of halogens is 2. The number of hydrogen-bond acceptors (Lipinski definition) is 3. The van der Waals surface area contributed by atoms with Crippen LogP contribution in [-0.4, -0.2) is 25.0 Å². The minimum Gasteiger partial charge on any atom is -0.352 e. The summed E-state index contributed by atoms with van der Waals surface area (Å²) in [5, 5.41) is 6.36. The summed E-state index contributed by atoms with van der Waals surface area (Å²) < 4.78 is 1.08. The minimum atomic E-state index is 0. The number of nitrogens with one attached hydrogen (secondary N) is 2. The first-order chi connectivity index (χ1) is 7.74. The predicted octanol–water partition coefficient (Wildman–Crippen LogP) is 2.34. The van der Waals surface area contributed by atoms with Gasteiger partial charge in [0.1, 0.15) is 0 Å². The third-order valence-electron chi connectivity index (χ3n) is 2.63. The van der Waals surface area contributed by atoms with E-state index in [-0.39, 0.29) is 18.3 Å². The SMILES string of the molecule is Cl.O=C(Cc1ccc(Br)s1)NC1CCCNC1. The summed E-state index contributed by atoms with van der Waals surface area (Å²) >= 11 is 5.02. The van der Waals surface area contributed by atoms with Crippen molar-refractivity contribution in [1.82, 2.24) is 10.6 Å². The Labute approximate surface area is 120 Å². The topological polar surface area (TPSA) is 41.1 Å². The first-order valence-electron chi connectivity index (χ1n) is 5.48. The van der Waals surface area contributed by atoms with Crippen molar-refractivity contribution in [2.75, 3.05) is 13.1 Å². The normalized spacial score (nSPS) is 19.5. The van der Waals surface area contributed by atoms with Crippen LogP contribution in [0, 0.1) is 0 Å². The third kappa shape index (κ3) is 4.95. The fourth-order valence-corrected chi connectivity index (χ4v) is 3.34. The second-order valence-corrected chi connectivity index (χ2v) is 6.54. The van der Waals surface area contributed by atoms with Gasteiger partial charge in [0.2, 0.25) is 5.91 Å². The van der Waals surface area contributed by atoms with Crippen molar-refractivity contribution in [3.8, 4) is 0 Å². The van der Waals surface area contributed by atoms with Gasteiger partial charge in [0.05, 0.1) is 10.2 Å². The molecule has 2 heterocycles. The molecular weight excluding hydrogens is 324 g/mol. The van der Waals surface area contributed by atoms with Gasteiger partial charge in [-0.3, -0.25) is 4.79 Å². The molecule has 0 aromatic carbocycles. The summed E-state index contributed by atoms with van der Waals surface area (Å²) in [5.74, 6) is 0.128. The number of carbonyl (C=O) groups is 1. The van der Waals surface area contributed by atoms with E-state index in [4.69, 9.17) is 0 Å². The zero-order chi connectivity index (χ0) is 11.4. The molecule has 6 heteroatoms. The van der Waals surface area contributed by atoms with E-state index < -0.39 is 0 Å². The van der Waals surface area contributed by atoms with E-state index in [0.717, 1.165) is 34.6 Å². The first-order valence-corrected chi connectivity index (χ1v) is 7.09. The Hall–Kier alpha value is -0.100. The average molecular weight is 340 g/mol. The van der Waals surface area contributed by atoms with Gasteiger partial charge in [0.15, 0.2) is 0 Å². The Morgan fingerprint density at radius 2 is 2.41 bits per heavy atom. The Morgan fingerprint density at radius 1 is 1.59 bits per heavy atom. The van der Waals surface area contributed by atoms with Crippen LogP contribution in [0.15, 0.2) is 15.9 Å². The molecule has 2 rings (SSSR count). The van der Waals surface area contributed by atoms with E-state index in [0.29, 0.717) is 12.5 Å². The molecular formula is C11H16BrClN2OS. The standard InChI is InChI=1S/C11H15BrN2OS.ClH/c12-10-4-3-9(16-10)6-11(15)14-8-2-1-5-13-7-8;/h3-4,8,13H,1-2,5-7H2,(H,14,15);1H. The van der Waals surface area contributed by atoms with Gasteiger partial charge >= 0.3 is 0 Å². The molecule has 0 bridgehead atoms. The van der Waals surface area contributed by atoms with Crippen LogP contribution >= 0.6 is 39.7 Å². The molecule has 96 valence electrons. The monoisotopic (exact) mass is 338 g/mol. The maximum absolute atomic E-state index is 11.7. The van der Waals surface area contributed by atoms with Crippen LogP contribution in [0.25, 0.3) is 0 Å². The lowest BCUT2D eigenvalue weighted by Crippen LogP contribution is -2.46. The van der Waals surface area contributed by atoms with Gasteiger partial charge in [-0.15, -0.1) is 23.7 Å². The summed E-state index contributed by atoms with van der Waals surface area (Å²) in [6.07, 6.45) is 2.73. The maximum atomic E-state index is 11.7. The van der Waals surface area contributed by atoms with Crippen molar-refractivity contribution < 1.29 is 4.79 Å². The van der Waals surface area contributed by atoms with Crippen molar-refractivity contribution in [2.45, 2.75) is 25.3 Å². The highest BCUT2D eigenvalue weighted by molar-refractivity contribution is 9.11. The number of rotatable bonds is 3. The van der Waals surface area contributed by atoms with Crippen molar-refractivity contribution in [2.24, 2.45) is 0 Å². The van der Waals surface area contributed by atoms with E-state index in [1.165, 1.54) is 0 Å². The van der Waals surface area contributed by atoms with E-state index in [1.807, 2.05) is 12.1 Å². The number of carbonyl (C=O) groups excluding carboxylic acids is 1. The number of thiophene rings is 1. The molecule has 0 saturated carbocycles. The molecule has 1 unspecified atom stereocenters. The third-order valence-corrected chi connectivity index (χ3v) is 4.25. The first kappa shape index (κ1) is 15.0. The van der Waals surface area contributed by atoms with Gasteiger partial charge < -0.3 is 10.6 Å². The Bertz CT molecular complexity index is 366.